The Morgan fingerprint density at radius 3 is 1.61 bits per heavy atom. The lowest BCUT2D eigenvalue weighted by Gasteiger charge is -2.12. The molecular weight excluding hydrogens is 738 g/mol. The van der Waals surface area contributed by atoms with Crippen molar-refractivity contribution in [1.29, 1.82) is 0 Å². The first-order chi connectivity index (χ1) is 16.3. The lowest BCUT2D eigenvalue weighted by Crippen LogP contribution is -2.42. The molecule has 0 amide bonds. The number of alkyl halides is 1. The average molecular weight is 783 g/mol. The van der Waals surface area contributed by atoms with E-state index in [0.717, 1.165) is 0 Å². The van der Waals surface area contributed by atoms with Crippen molar-refractivity contribution < 1.29 is 19.8 Å². The van der Waals surface area contributed by atoms with E-state index in [1.165, 1.54) is 11.8 Å². The maximum absolute atomic E-state index is 10.2. The van der Waals surface area contributed by atoms with Crippen molar-refractivity contribution in [2.75, 3.05) is 45.4 Å². The van der Waals surface area contributed by atoms with Crippen LogP contribution in [0.25, 0.3) is 0 Å². The van der Waals surface area contributed by atoms with Crippen LogP contribution in [0.4, 0.5) is 0 Å². The topological polar surface area (TPSA) is 285 Å². The van der Waals surface area contributed by atoms with Gasteiger partial charge in [0.1, 0.15) is 0 Å². The fourth-order valence-electron chi connectivity index (χ4n) is 1.28. The molecule has 0 saturated heterocycles. The Morgan fingerprint density at radius 1 is 1.00 bits per heavy atom. The average Bonchev–Trinajstić information content (AvgIpc) is 2.86. The van der Waals surface area contributed by atoms with Crippen molar-refractivity contribution >= 4 is 98.7 Å². The summed E-state index contributed by atoms with van der Waals surface area (Å²) in [7, 11) is 4.92. The summed E-state index contributed by atoms with van der Waals surface area (Å²) in [5, 5.41) is 26.4. The molecule has 0 aromatic rings. The summed E-state index contributed by atoms with van der Waals surface area (Å²) in [5.41, 5.74) is 30.8. The van der Waals surface area contributed by atoms with E-state index in [-0.39, 0.29) is 24.0 Å². The number of nitrogens with two attached hydrogens (primary N) is 6. The maximum atomic E-state index is 10.2. The molecule has 14 N–H and O–H groups in total. The van der Waals surface area contributed by atoms with Gasteiger partial charge in [-0.25, -0.2) is 0 Å². The number of thioether (sulfide) groups is 1. The van der Waals surface area contributed by atoms with Crippen LogP contribution in [0.15, 0.2) is 9.98 Å². The molecule has 0 rings (SSSR count). The van der Waals surface area contributed by atoms with Crippen molar-refractivity contribution in [3.8, 4) is 0 Å². The van der Waals surface area contributed by atoms with Gasteiger partial charge in [-0.1, -0.05) is 34.4 Å². The van der Waals surface area contributed by atoms with Gasteiger partial charge in [0, 0.05) is 39.8 Å². The Kier molecular flexibility index (Phi) is 51.6. The number of rotatable bonds is 9. The summed E-state index contributed by atoms with van der Waals surface area (Å²) in [6, 6.07) is -1.75. The lowest BCUT2D eigenvalue weighted by atomic mass is 10.2. The third kappa shape index (κ3) is 50.0. The fourth-order valence-corrected chi connectivity index (χ4v) is 1.46. The molecule has 0 spiro atoms. The first kappa shape index (κ1) is 48.2. The molecule has 0 aliphatic heterocycles. The van der Waals surface area contributed by atoms with Gasteiger partial charge in [-0.3, -0.25) is 9.98 Å². The minimum Gasteiger partial charge on any atom is -0.548 e. The highest BCUT2D eigenvalue weighted by atomic mass is 127. The van der Waals surface area contributed by atoms with Gasteiger partial charge in [-0.2, -0.15) is 0 Å². The second-order valence-electron chi connectivity index (χ2n) is 5.84. The zero-order valence-electron chi connectivity index (χ0n) is 21.5. The lowest BCUT2D eigenvalue weighted by molar-refractivity contribution is -0.308. The number of guanidine groups is 1. The maximum Gasteiger partial charge on any atom is 0.188 e. The predicted molar refractivity (Wildman–Crippen MR) is 171 cm³/mol. The minimum atomic E-state index is -1.22. The highest BCUT2D eigenvalue weighted by Crippen LogP contribution is 1.91. The first-order valence-electron chi connectivity index (χ1n) is 10.0. The Labute approximate surface area is 255 Å². The summed E-state index contributed by atoms with van der Waals surface area (Å²) in [4.78, 5) is 29.4. The second-order valence-corrected chi connectivity index (χ2v) is 7.11. The van der Waals surface area contributed by atoms with E-state index in [1.807, 2.05) is 11.2 Å². The van der Waals surface area contributed by atoms with Crippen LogP contribution in [0.3, 0.4) is 0 Å². The molecule has 18 heteroatoms. The van der Waals surface area contributed by atoms with Crippen LogP contribution in [0.2, 0.25) is 0 Å². The van der Waals surface area contributed by atoms with Gasteiger partial charge in [0.05, 0.1) is 11.9 Å². The molecule has 14 nitrogen and oxygen atoms in total. The third-order valence-electron chi connectivity index (χ3n) is 3.24. The van der Waals surface area contributed by atoms with Gasteiger partial charge in [0.25, 0.3) is 0 Å². The summed E-state index contributed by atoms with van der Waals surface area (Å²) in [5.74, 6) is -2.09. The van der Waals surface area contributed by atoms with E-state index in [0.29, 0.717) is 55.0 Å². The highest BCUT2D eigenvalue weighted by Gasteiger charge is 2.02. The number of carbonyl (C=O) groups excluding carboxylic acids is 2. The van der Waals surface area contributed by atoms with Crippen LogP contribution in [-0.2, 0) is 9.59 Å². The summed E-state index contributed by atoms with van der Waals surface area (Å²) >= 11 is 7.97. The zero-order chi connectivity index (χ0) is 28.8. The van der Waals surface area contributed by atoms with Crippen molar-refractivity contribution in [1.82, 2.24) is 10.6 Å². The predicted octanol–water partition coefficient (Wildman–Crippen LogP) is -3.41. The number of carbonyl (C=O) groups is 2. The molecule has 0 aliphatic carbocycles. The molecule has 2 atom stereocenters. The molecule has 218 valence electrons. The molecule has 0 radical (unpaired) electrons. The van der Waals surface area contributed by atoms with Gasteiger partial charge in [0.2, 0.25) is 0 Å². The molecular formula is C18H44I2N10O4S2-2. The Morgan fingerprint density at radius 2 is 1.39 bits per heavy atom. The van der Waals surface area contributed by atoms with Crippen molar-refractivity contribution in [2.45, 2.75) is 37.8 Å². The Hall–Kier alpha value is -0.940. The van der Waals surface area contributed by atoms with Crippen LogP contribution in [0.1, 0.15) is 25.7 Å². The van der Waals surface area contributed by atoms with Crippen LogP contribution in [-0.4, -0.2) is 85.7 Å². The number of aliphatic carboxylic acids is 2. The first-order valence-corrected chi connectivity index (χ1v) is 13.8. The van der Waals surface area contributed by atoms with Gasteiger partial charge in [0.15, 0.2) is 16.2 Å². The summed E-state index contributed by atoms with van der Waals surface area (Å²) in [6.07, 6.45) is 3.91. The van der Waals surface area contributed by atoms with E-state index in [9.17, 15) is 19.8 Å². The quantitative estimate of drug-likeness (QED) is 0.0283. The Balaban J connectivity index is -0.0000000857. The van der Waals surface area contributed by atoms with Crippen molar-refractivity contribution in [3.63, 3.8) is 0 Å². The molecule has 0 aromatic heterocycles. The van der Waals surface area contributed by atoms with Crippen LogP contribution >= 0.6 is 70.5 Å². The molecule has 0 fully saturated rings. The largest absolute Gasteiger partial charge is 0.548 e. The molecule has 0 unspecified atom stereocenters. The van der Waals surface area contributed by atoms with Crippen molar-refractivity contribution in [3.05, 3.63) is 0 Å². The monoisotopic (exact) mass is 782 g/mol. The molecule has 0 bridgehead atoms. The second kappa shape index (κ2) is 38.6. The smallest absolute Gasteiger partial charge is 0.188 e. The zero-order valence-corrected chi connectivity index (χ0v) is 27.6. The fraction of sp³-hybridized carbons (Fsp3) is 0.722. The normalized spacial score (nSPS) is 11.4. The van der Waals surface area contributed by atoms with Gasteiger partial charge in [-0.15, -0.1) is 24.0 Å². The van der Waals surface area contributed by atoms with Crippen molar-refractivity contribution in [2.24, 2.45) is 44.4 Å². The van der Waals surface area contributed by atoms with Crippen LogP contribution < -0.4 is 55.2 Å². The van der Waals surface area contributed by atoms with E-state index in [2.05, 4.69) is 55.4 Å². The van der Waals surface area contributed by atoms with Gasteiger partial charge < -0.3 is 64.8 Å². The van der Waals surface area contributed by atoms with E-state index in [4.69, 9.17) is 34.4 Å². The van der Waals surface area contributed by atoms with Crippen LogP contribution in [0.5, 0.6) is 0 Å². The molecule has 36 heavy (non-hydrogen) atoms. The number of carboxylic acids is 2. The van der Waals surface area contributed by atoms with E-state index < -0.39 is 24.0 Å². The molecule has 0 heterocycles. The summed E-state index contributed by atoms with van der Waals surface area (Å²) in [6.45, 7) is 1.03. The number of amidine groups is 1. The number of halogens is 2. The van der Waals surface area contributed by atoms with E-state index in [1.54, 1.807) is 21.1 Å². The van der Waals surface area contributed by atoms with E-state index >= 15 is 0 Å². The van der Waals surface area contributed by atoms with Gasteiger partial charge in [-0.05, 0) is 55.6 Å². The minimum absolute atomic E-state index is 0. The highest BCUT2D eigenvalue weighted by molar-refractivity contribution is 14.1. The number of thiocarbonyl (C=S) groups is 1. The number of aliphatic imine (C=N–C) groups is 2. The number of hydrogen-bond donors (Lipinski definition) is 8. The number of carboxylic acid groups (broad SMARTS) is 2. The summed E-state index contributed by atoms with van der Waals surface area (Å²) < 4.78 is 0. The Bertz CT molecular complexity index is 592. The standard InChI is InChI=1S/C7H16N4O2.C5H12N2O2.C3H8N2S.C2H6N2S.CH3I.HI/c1-10-7(9)11-4-2-3-5(8)6(12)13;6-3-1-2-4(7)5(8)9;1-5-3(4)6-2;1-4-2(3)5;1-2;/h5H,2-4,8H2,1H3,(H,12,13)(H3,9,10,11);4H,1-3,6-7H2,(H,8,9);1-2H3,(H2,4,5);1H3,(H3,3,4,5);1H3;1H/p-2/t5-;4-;;;;/m00..../s1. The molecule has 0 aromatic carbocycles. The number of hydrogen-bond acceptors (Lipinski definition) is 11. The van der Waals surface area contributed by atoms with Crippen LogP contribution in [0, 0.1) is 0 Å². The SMILES string of the molecule is CI.CN=C(N)NCCC[C@H](N)C(=O)[O-].CN=C(N)SC.CNC(N)=S.I.NCCC[C@H](N)C(=O)[O-]. The van der Waals surface area contributed by atoms with Gasteiger partial charge >= 0.3 is 0 Å². The number of nitrogens with one attached hydrogen (secondary N) is 2. The molecule has 0 aliphatic rings. The molecule has 0 saturated carbocycles. The third-order valence-corrected chi connectivity index (χ3v) is 4.04. The number of nitrogens with zero attached hydrogens (tertiary/aromatic N) is 2.